The third-order valence-corrected chi connectivity index (χ3v) is 9.01. The third kappa shape index (κ3) is 5.18. The zero-order chi connectivity index (χ0) is 16.9. The molecule has 1 aromatic carbocycles. The van der Waals surface area contributed by atoms with Gasteiger partial charge in [0.2, 0.25) is 0 Å². The molecule has 1 N–H and O–H groups in total. The first kappa shape index (κ1) is 17.7. The summed E-state index contributed by atoms with van der Waals surface area (Å²) in [5, 5.41) is 3.58. The monoisotopic (exact) mass is 328 g/mol. The molecule has 2 aromatic rings. The zero-order valence-electron chi connectivity index (χ0n) is 14.9. The molecular formula is C19H28N2OSi. The van der Waals surface area contributed by atoms with Crippen molar-refractivity contribution in [1.29, 1.82) is 0 Å². The Morgan fingerprint density at radius 3 is 2.43 bits per heavy atom. The molecule has 0 atom stereocenters. The second-order valence-corrected chi connectivity index (χ2v) is 12.2. The van der Waals surface area contributed by atoms with Crippen molar-refractivity contribution in [2.45, 2.75) is 52.1 Å². The Morgan fingerprint density at radius 1 is 1.04 bits per heavy atom. The van der Waals surface area contributed by atoms with Gasteiger partial charge in [-0.1, -0.05) is 51.1 Å². The maximum atomic E-state index is 6.30. The van der Waals surface area contributed by atoms with Gasteiger partial charge in [0, 0.05) is 12.7 Å². The second-order valence-electron chi connectivity index (χ2n) is 7.44. The van der Waals surface area contributed by atoms with Gasteiger partial charge in [0.15, 0.2) is 8.32 Å². The van der Waals surface area contributed by atoms with Crippen LogP contribution in [0.15, 0.2) is 48.7 Å². The normalized spacial score (nSPS) is 12.2. The molecular weight excluding hydrogens is 300 g/mol. The quantitative estimate of drug-likeness (QED) is 0.739. The highest BCUT2D eigenvalue weighted by atomic mass is 28.4. The summed E-state index contributed by atoms with van der Waals surface area (Å²) in [5.41, 5.74) is 2.47. The number of rotatable bonds is 6. The van der Waals surface area contributed by atoms with Crippen molar-refractivity contribution in [3.63, 3.8) is 0 Å². The highest BCUT2D eigenvalue weighted by molar-refractivity contribution is 6.74. The topological polar surface area (TPSA) is 34.1 Å². The molecule has 1 aromatic heterocycles. The molecule has 0 spiro atoms. The van der Waals surface area contributed by atoms with Gasteiger partial charge in [-0.3, -0.25) is 0 Å². The molecule has 0 amide bonds. The molecule has 4 heteroatoms. The molecule has 124 valence electrons. The van der Waals surface area contributed by atoms with E-state index in [4.69, 9.17) is 4.43 Å². The van der Waals surface area contributed by atoms with Crippen LogP contribution in [0, 0.1) is 0 Å². The van der Waals surface area contributed by atoms with Crippen LogP contribution in [0.25, 0.3) is 0 Å². The lowest BCUT2D eigenvalue weighted by Gasteiger charge is -2.36. The predicted molar refractivity (Wildman–Crippen MR) is 100.0 cm³/mol. The molecule has 2 rings (SSSR count). The number of benzene rings is 1. The van der Waals surface area contributed by atoms with E-state index < -0.39 is 8.32 Å². The smallest absolute Gasteiger partial charge is 0.192 e. The van der Waals surface area contributed by atoms with Crippen molar-refractivity contribution in [1.82, 2.24) is 4.98 Å². The molecule has 0 aliphatic carbocycles. The van der Waals surface area contributed by atoms with Crippen LogP contribution in [0.3, 0.4) is 0 Å². The van der Waals surface area contributed by atoms with E-state index >= 15 is 0 Å². The molecule has 0 fully saturated rings. The lowest BCUT2D eigenvalue weighted by molar-refractivity contribution is 0.276. The maximum absolute atomic E-state index is 6.30. The molecule has 0 saturated carbocycles. The lowest BCUT2D eigenvalue weighted by atomic mass is 10.1. The Kier molecular flexibility index (Phi) is 5.60. The standard InChI is InChI=1S/C19H28N2OSi/c1-19(2,3)23(4,5)22-15-17-10-8-9-16(13-17)14-21-18-11-6-7-12-20-18/h6-13H,14-15H2,1-5H3,(H,20,21). The van der Waals surface area contributed by atoms with Crippen LogP contribution in [-0.2, 0) is 17.6 Å². The van der Waals surface area contributed by atoms with E-state index in [-0.39, 0.29) is 5.04 Å². The molecule has 23 heavy (non-hydrogen) atoms. The number of pyridine rings is 1. The number of hydrogen-bond donors (Lipinski definition) is 1. The summed E-state index contributed by atoms with van der Waals surface area (Å²) in [6.45, 7) is 12.9. The fourth-order valence-corrected chi connectivity index (χ4v) is 2.93. The van der Waals surface area contributed by atoms with E-state index in [0.717, 1.165) is 12.4 Å². The fraction of sp³-hybridized carbons (Fsp3) is 0.421. The molecule has 0 unspecified atom stereocenters. The van der Waals surface area contributed by atoms with Crippen molar-refractivity contribution in [2.75, 3.05) is 5.32 Å². The highest BCUT2D eigenvalue weighted by Crippen LogP contribution is 2.37. The Morgan fingerprint density at radius 2 is 1.78 bits per heavy atom. The average molecular weight is 329 g/mol. The molecule has 0 aliphatic rings. The maximum Gasteiger partial charge on any atom is 0.192 e. The fourth-order valence-electron chi connectivity index (χ4n) is 1.97. The van der Waals surface area contributed by atoms with Crippen molar-refractivity contribution in [3.8, 4) is 0 Å². The Bertz CT molecular complexity index is 621. The average Bonchev–Trinajstić information content (AvgIpc) is 2.51. The third-order valence-electron chi connectivity index (χ3n) is 4.54. The number of aromatic nitrogens is 1. The summed E-state index contributed by atoms with van der Waals surface area (Å²) >= 11 is 0. The van der Waals surface area contributed by atoms with Gasteiger partial charge in [-0.2, -0.15) is 0 Å². The highest BCUT2D eigenvalue weighted by Gasteiger charge is 2.36. The van der Waals surface area contributed by atoms with Gasteiger partial charge in [0.25, 0.3) is 0 Å². The van der Waals surface area contributed by atoms with E-state index in [1.807, 2.05) is 18.2 Å². The summed E-state index contributed by atoms with van der Waals surface area (Å²) < 4.78 is 6.30. The number of anilines is 1. The van der Waals surface area contributed by atoms with Gasteiger partial charge in [-0.05, 0) is 41.4 Å². The number of nitrogens with zero attached hydrogens (tertiary/aromatic N) is 1. The van der Waals surface area contributed by atoms with Crippen LogP contribution >= 0.6 is 0 Å². The van der Waals surface area contributed by atoms with Crippen LogP contribution in [0.1, 0.15) is 31.9 Å². The molecule has 0 saturated heterocycles. The summed E-state index contributed by atoms with van der Waals surface area (Å²) in [5.74, 6) is 0.899. The molecule has 0 bridgehead atoms. The van der Waals surface area contributed by atoms with E-state index in [1.165, 1.54) is 11.1 Å². The summed E-state index contributed by atoms with van der Waals surface area (Å²) in [7, 11) is -1.70. The van der Waals surface area contributed by atoms with Crippen LogP contribution < -0.4 is 5.32 Å². The van der Waals surface area contributed by atoms with Crippen molar-refractivity contribution in [2.24, 2.45) is 0 Å². The van der Waals surface area contributed by atoms with Crippen LogP contribution in [0.5, 0.6) is 0 Å². The first-order valence-electron chi connectivity index (χ1n) is 8.15. The predicted octanol–water partition coefficient (Wildman–Crippen LogP) is 5.22. The number of hydrogen-bond acceptors (Lipinski definition) is 3. The van der Waals surface area contributed by atoms with Crippen molar-refractivity contribution in [3.05, 3.63) is 59.8 Å². The van der Waals surface area contributed by atoms with Gasteiger partial charge < -0.3 is 9.74 Å². The summed E-state index contributed by atoms with van der Waals surface area (Å²) in [6.07, 6.45) is 1.80. The van der Waals surface area contributed by atoms with E-state index in [1.54, 1.807) is 6.20 Å². The van der Waals surface area contributed by atoms with E-state index in [9.17, 15) is 0 Å². The van der Waals surface area contributed by atoms with Crippen LogP contribution in [-0.4, -0.2) is 13.3 Å². The van der Waals surface area contributed by atoms with Crippen molar-refractivity contribution >= 4 is 14.1 Å². The van der Waals surface area contributed by atoms with Gasteiger partial charge in [0.05, 0.1) is 6.61 Å². The Labute approximate surface area is 141 Å². The Balaban J connectivity index is 1.95. The van der Waals surface area contributed by atoms with Gasteiger partial charge in [-0.15, -0.1) is 0 Å². The first-order chi connectivity index (χ1) is 10.8. The Hall–Kier alpha value is -1.65. The minimum absolute atomic E-state index is 0.241. The van der Waals surface area contributed by atoms with Crippen molar-refractivity contribution < 1.29 is 4.43 Å². The van der Waals surface area contributed by atoms with Gasteiger partial charge in [-0.25, -0.2) is 4.98 Å². The molecule has 3 nitrogen and oxygen atoms in total. The SMILES string of the molecule is CC(C)(C)[Si](C)(C)OCc1cccc(CNc2ccccn2)c1. The first-order valence-corrected chi connectivity index (χ1v) is 11.1. The summed E-state index contributed by atoms with van der Waals surface area (Å²) in [6, 6.07) is 14.5. The van der Waals surface area contributed by atoms with Gasteiger partial charge >= 0.3 is 0 Å². The minimum atomic E-state index is -1.70. The molecule has 0 aliphatic heterocycles. The van der Waals surface area contributed by atoms with Crippen LogP contribution in [0.2, 0.25) is 18.1 Å². The second kappa shape index (κ2) is 7.28. The van der Waals surface area contributed by atoms with Gasteiger partial charge in [0.1, 0.15) is 5.82 Å². The minimum Gasteiger partial charge on any atom is -0.413 e. The summed E-state index contributed by atoms with van der Waals surface area (Å²) in [4.78, 5) is 4.28. The molecule has 1 heterocycles. The zero-order valence-corrected chi connectivity index (χ0v) is 15.9. The number of nitrogens with one attached hydrogen (secondary N) is 1. The van der Waals surface area contributed by atoms with E-state index in [2.05, 4.69) is 68.4 Å². The van der Waals surface area contributed by atoms with Crippen LogP contribution in [0.4, 0.5) is 5.82 Å². The lowest BCUT2D eigenvalue weighted by Crippen LogP contribution is -2.40. The largest absolute Gasteiger partial charge is 0.413 e. The molecule has 0 radical (unpaired) electrons. The van der Waals surface area contributed by atoms with E-state index in [0.29, 0.717) is 6.61 Å².